The lowest BCUT2D eigenvalue weighted by Gasteiger charge is -2.40. The second-order valence-corrected chi connectivity index (χ2v) is 11.0. The highest BCUT2D eigenvalue weighted by atomic mass is 16.5. The second kappa shape index (κ2) is 10.6. The number of nitrogens with zero attached hydrogens (tertiary/aromatic N) is 2. The first-order chi connectivity index (χ1) is 13.9. The summed E-state index contributed by atoms with van der Waals surface area (Å²) in [5.74, 6) is 1.17. The van der Waals surface area contributed by atoms with Gasteiger partial charge in [-0.25, -0.2) is 0 Å². The number of benzene rings is 1. The van der Waals surface area contributed by atoms with E-state index in [2.05, 4.69) is 75.8 Å². The molecule has 170 valence electrons. The van der Waals surface area contributed by atoms with Gasteiger partial charge in [0.15, 0.2) is 0 Å². The van der Waals surface area contributed by atoms with Crippen molar-refractivity contribution in [2.75, 3.05) is 39.8 Å². The van der Waals surface area contributed by atoms with Gasteiger partial charge in [-0.05, 0) is 76.9 Å². The van der Waals surface area contributed by atoms with Crippen molar-refractivity contribution in [1.82, 2.24) is 15.1 Å². The number of nitrogens with one attached hydrogen (secondary N) is 1. The highest BCUT2D eigenvalue weighted by Gasteiger charge is 2.29. The maximum absolute atomic E-state index is 12.5. The summed E-state index contributed by atoms with van der Waals surface area (Å²) in [6.45, 7) is 18.5. The Hall–Kier alpha value is -1.59. The fourth-order valence-electron chi connectivity index (χ4n) is 4.21. The molecule has 30 heavy (non-hydrogen) atoms. The van der Waals surface area contributed by atoms with E-state index >= 15 is 0 Å². The first kappa shape index (κ1) is 24.7. The average molecular weight is 418 g/mol. The minimum atomic E-state index is 0.130. The molecule has 0 atom stereocenters. The number of hydrogen-bond donors (Lipinski definition) is 1. The summed E-state index contributed by atoms with van der Waals surface area (Å²) in [6.07, 6.45) is 1.88. The van der Waals surface area contributed by atoms with Crippen LogP contribution in [0.4, 0.5) is 0 Å². The van der Waals surface area contributed by atoms with Crippen LogP contribution in [0.2, 0.25) is 0 Å². The van der Waals surface area contributed by atoms with Crippen molar-refractivity contribution in [2.45, 2.75) is 66.5 Å². The van der Waals surface area contributed by atoms with Crippen molar-refractivity contribution in [3.8, 4) is 5.75 Å². The van der Waals surface area contributed by atoms with Crippen molar-refractivity contribution >= 4 is 5.91 Å². The van der Waals surface area contributed by atoms with Crippen LogP contribution in [0.1, 0.15) is 59.9 Å². The number of carbonyl (C=O) groups excluding carboxylic acids is 1. The molecule has 2 rings (SSSR count). The molecule has 1 N–H and O–H groups in total. The summed E-state index contributed by atoms with van der Waals surface area (Å²) in [5, 5.41) is 3.06. The summed E-state index contributed by atoms with van der Waals surface area (Å²) in [4.78, 5) is 17.3. The average Bonchev–Trinajstić information content (AvgIpc) is 2.63. The van der Waals surface area contributed by atoms with Crippen molar-refractivity contribution < 1.29 is 9.53 Å². The maximum atomic E-state index is 12.5. The minimum Gasteiger partial charge on any atom is -0.492 e. The Morgan fingerprint density at radius 3 is 2.43 bits per heavy atom. The molecule has 1 amide bonds. The third-order valence-corrected chi connectivity index (χ3v) is 5.58. The van der Waals surface area contributed by atoms with Crippen molar-refractivity contribution in [1.29, 1.82) is 0 Å². The zero-order valence-electron chi connectivity index (χ0n) is 20.3. The van der Waals surface area contributed by atoms with Gasteiger partial charge in [-0.3, -0.25) is 9.69 Å². The summed E-state index contributed by atoms with van der Waals surface area (Å²) >= 11 is 0. The van der Waals surface area contributed by atoms with Gasteiger partial charge in [0.2, 0.25) is 5.91 Å². The van der Waals surface area contributed by atoms with Crippen molar-refractivity contribution in [3.05, 3.63) is 29.8 Å². The summed E-state index contributed by atoms with van der Waals surface area (Å²) in [7, 11) is 2.15. The van der Waals surface area contributed by atoms with E-state index in [0.29, 0.717) is 13.2 Å². The van der Waals surface area contributed by atoms with Gasteiger partial charge in [0.1, 0.15) is 12.4 Å². The van der Waals surface area contributed by atoms with E-state index in [0.717, 1.165) is 44.8 Å². The highest BCUT2D eigenvalue weighted by molar-refractivity contribution is 5.78. The van der Waals surface area contributed by atoms with Gasteiger partial charge in [-0.1, -0.05) is 32.9 Å². The molecule has 0 unspecified atom stereocenters. The topological polar surface area (TPSA) is 44.8 Å². The molecule has 1 aromatic rings. The molecule has 1 saturated heterocycles. The normalized spacial score (nSPS) is 16.7. The van der Waals surface area contributed by atoms with Crippen molar-refractivity contribution in [3.63, 3.8) is 0 Å². The minimum absolute atomic E-state index is 0.130. The molecule has 0 saturated carbocycles. The second-order valence-electron chi connectivity index (χ2n) is 11.0. The first-order valence-corrected chi connectivity index (χ1v) is 11.4. The Labute approximate surface area is 184 Å². The predicted molar refractivity (Wildman–Crippen MR) is 125 cm³/mol. The molecule has 0 spiro atoms. The van der Waals surface area contributed by atoms with Crippen LogP contribution in [0.25, 0.3) is 0 Å². The van der Waals surface area contributed by atoms with Crippen molar-refractivity contribution in [2.24, 2.45) is 11.3 Å². The Morgan fingerprint density at radius 2 is 1.83 bits per heavy atom. The molecule has 1 fully saturated rings. The van der Waals surface area contributed by atoms with Gasteiger partial charge in [0, 0.05) is 24.5 Å². The Bertz CT molecular complexity index is 668. The number of carbonyl (C=O) groups is 1. The molecule has 1 aliphatic heterocycles. The Morgan fingerprint density at radius 1 is 1.17 bits per heavy atom. The molecule has 5 heteroatoms. The monoisotopic (exact) mass is 417 g/mol. The zero-order valence-corrected chi connectivity index (χ0v) is 20.3. The quantitative estimate of drug-likeness (QED) is 0.645. The first-order valence-electron chi connectivity index (χ1n) is 11.4. The van der Waals surface area contributed by atoms with Gasteiger partial charge >= 0.3 is 0 Å². The molecule has 0 aromatic heterocycles. The molecule has 1 aliphatic rings. The SMILES string of the molecule is CN(Cc1cccc(OCCNC(=O)C2CCN(C(C)(C)C)CC2)c1)CC(C)(C)C. The van der Waals surface area contributed by atoms with Crippen LogP contribution >= 0.6 is 0 Å². The van der Waals surface area contributed by atoms with E-state index in [-0.39, 0.29) is 22.8 Å². The van der Waals surface area contributed by atoms with E-state index in [1.165, 1.54) is 5.56 Å². The third kappa shape index (κ3) is 8.65. The predicted octanol–water partition coefficient (Wildman–Crippen LogP) is 4.17. The van der Waals surface area contributed by atoms with Crippen LogP contribution in [0.3, 0.4) is 0 Å². The molecule has 0 aliphatic carbocycles. The number of piperidine rings is 1. The number of amides is 1. The van der Waals surface area contributed by atoms with E-state index in [9.17, 15) is 4.79 Å². The Kier molecular flexibility index (Phi) is 8.74. The summed E-state index contributed by atoms with van der Waals surface area (Å²) < 4.78 is 5.89. The summed E-state index contributed by atoms with van der Waals surface area (Å²) in [5.41, 5.74) is 1.71. The lowest BCUT2D eigenvalue weighted by molar-refractivity contribution is -0.127. The maximum Gasteiger partial charge on any atom is 0.223 e. The van der Waals surface area contributed by atoms with E-state index in [1.54, 1.807) is 0 Å². The summed E-state index contributed by atoms with van der Waals surface area (Å²) in [6, 6.07) is 8.26. The Balaban J connectivity index is 1.70. The molecule has 0 radical (unpaired) electrons. The molecule has 5 nitrogen and oxygen atoms in total. The number of rotatable bonds is 8. The van der Waals surface area contributed by atoms with E-state index < -0.39 is 0 Å². The third-order valence-electron chi connectivity index (χ3n) is 5.58. The number of likely N-dealkylation sites (tertiary alicyclic amines) is 1. The van der Waals surface area contributed by atoms with Crippen LogP contribution < -0.4 is 10.1 Å². The van der Waals surface area contributed by atoms with E-state index in [4.69, 9.17) is 4.74 Å². The lowest BCUT2D eigenvalue weighted by atomic mass is 9.92. The smallest absolute Gasteiger partial charge is 0.223 e. The largest absolute Gasteiger partial charge is 0.492 e. The standard InChI is InChI=1S/C25H43N3O2/c1-24(2,3)19-27(7)18-20-9-8-10-22(17-20)30-16-13-26-23(29)21-11-14-28(15-12-21)25(4,5)6/h8-10,17,21H,11-16,18-19H2,1-7H3,(H,26,29). The molecular weight excluding hydrogens is 374 g/mol. The molecule has 0 bridgehead atoms. The van der Waals surface area contributed by atoms with Gasteiger partial charge in [0.25, 0.3) is 0 Å². The zero-order chi connectivity index (χ0) is 22.4. The van der Waals surface area contributed by atoms with E-state index in [1.807, 2.05) is 12.1 Å². The van der Waals surface area contributed by atoms with Crippen LogP contribution in [-0.2, 0) is 11.3 Å². The van der Waals surface area contributed by atoms with Gasteiger partial charge in [-0.15, -0.1) is 0 Å². The van der Waals surface area contributed by atoms with Gasteiger partial charge in [-0.2, -0.15) is 0 Å². The molecular formula is C25H43N3O2. The molecule has 1 heterocycles. The number of ether oxygens (including phenoxy) is 1. The van der Waals surface area contributed by atoms with Crippen LogP contribution in [0, 0.1) is 11.3 Å². The van der Waals surface area contributed by atoms with Crippen LogP contribution in [0.15, 0.2) is 24.3 Å². The number of hydrogen-bond acceptors (Lipinski definition) is 4. The fraction of sp³-hybridized carbons (Fsp3) is 0.720. The van der Waals surface area contributed by atoms with Gasteiger partial charge in [0.05, 0.1) is 6.54 Å². The lowest BCUT2D eigenvalue weighted by Crippen LogP contribution is -2.48. The highest BCUT2D eigenvalue weighted by Crippen LogP contribution is 2.24. The molecule has 1 aromatic carbocycles. The van der Waals surface area contributed by atoms with Crippen LogP contribution in [-0.4, -0.2) is 61.1 Å². The van der Waals surface area contributed by atoms with Gasteiger partial charge < -0.3 is 15.0 Å². The fourth-order valence-corrected chi connectivity index (χ4v) is 4.21. The van der Waals surface area contributed by atoms with Crippen LogP contribution in [0.5, 0.6) is 5.75 Å².